The summed E-state index contributed by atoms with van der Waals surface area (Å²) in [7, 11) is 0. The van der Waals surface area contributed by atoms with Gasteiger partial charge in [-0.05, 0) is 0 Å². The Kier molecular flexibility index (Phi) is 3.08. The highest BCUT2D eigenvalue weighted by Gasteiger charge is 2.20. The zero-order valence-corrected chi connectivity index (χ0v) is 5.69. The highest BCUT2D eigenvalue weighted by molar-refractivity contribution is 4.65. The molecule has 60 valence electrons. The lowest BCUT2D eigenvalue weighted by Crippen LogP contribution is -2.39. The number of hydrogen-bond donors (Lipinski definition) is 2. The Morgan fingerprint density at radius 1 is 1.00 bits per heavy atom. The second-order valence-electron chi connectivity index (χ2n) is 2.28. The normalized spacial score (nSPS) is 34.2. The quantitative estimate of drug-likeness (QED) is 0.514. The molecule has 1 aliphatic heterocycles. The van der Waals surface area contributed by atoms with Gasteiger partial charge in [0.1, 0.15) is 12.2 Å². The summed E-state index contributed by atoms with van der Waals surface area (Å²) in [6.45, 7) is 0.722. The molecule has 0 saturated carbocycles. The van der Waals surface area contributed by atoms with E-state index in [9.17, 15) is 0 Å². The van der Waals surface area contributed by atoms with Gasteiger partial charge in [0.2, 0.25) is 0 Å². The van der Waals surface area contributed by atoms with Gasteiger partial charge in [-0.2, -0.15) is 0 Å². The van der Waals surface area contributed by atoms with E-state index in [4.69, 9.17) is 19.7 Å². The van der Waals surface area contributed by atoms with Gasteiger partial charge in [0.25, 0.3) is 0 Å². The van der Waals surface area contributed by atoms with Crippen molar-refractivity contribution in [2.75, 3.05) is 26.4 Å². The van der Waals surface area contributed by atoms with Crippen LogP contribution in [0.25, 0.3) is 0 Å². The Balaban J connectivity index is 2.17. The minimum atomic E-state index is -0.206. The third-order valence-corrected chi connectivity index (χ3v) is 1.44. The zero-order chi connectivity index (χ0) is 7.40. The lowest BCUT2D eigenvalue weighted by atomic mass is 10.3. The molecule has 0 unspecified atom stereocenters. The van der Waals surface area contributed by atoms with E-state index in [2.05, 4.69) is 0 Å². The van der Waals surface area contributed by atoms with Gasteiger partial charge in [-0.25, -0.2) is 0 Å². The van der Waals surface area contributed by atoms with Gasteiger partial charge >= 0.3 is 0 Å². The van der Waals surface area contributed by atoms with Crippen LogP contribution < -0.4 is 0 Å². The van der Waals surface area contributed by atoms with Crippen LogP contribution in [0.3, 0.4) is 0 Å². The van der Waals surface area contributed by atoms with Crippen molar-refractivity contribution in [1.29, 1.82) is 0 Å². The molecule has 1 rings (SSSR count). The minimum Gasteiger partial charge on any atom is -0.394 e. The summed E-state index contributed by atoms with van der Waals surface area (Å²) < 4.78 is 10.2. The van der Waals surface area contributed by atoms with Crippen LogP contribution in [0.15, 0.2) is 0 Å². The molecule has 2 N–H and O–H groups in total. The van der Waals surface area contributed by atoms with Gasteiger partial charge < -0.3 is 19.7 Å². The third kappa shape index (κ3) is 1.91. The van der Waals surface area contributed by atoms with Gasteiger partial charge in [0, 0.05) is 0 Å². The Hall–Kier alpha value is -0.160. The summed E-state index contributed by atoms with van der Waals surface area (Å²) in [5.41, 5.74) is 0. The van der Waals surface area contributed by atoms with Gasteiger partial charge in [0.15, 0.2) is 0 Å². The largest absolute Gasteiger partial charge is 0.394 e. The molecule has 0 bridgehead atoms. The predicted molar refractivity (Wildman–Crippen MR) is 33.7 cm³/mol. The fourth-order valence-corrected chi connectivity index (χ4v) is 0.794. The van der Waals surface area contributed by atoms with Crippen molar-refractivity contribution in [2.24, 2.45) is 0 Å². The highest BCUT2D eigenvalue weighted by atomic mass is 16.6. The lowest BCUT2D eigenvalue weighted by molar-refractivity contribution is -0.155. The SMILES string of the molecule is OC[C@@H]1CO[C@H](CO)CO1. The summed E-state index contributed by atoms with van der Waals surface area (Å²) in [6, 6.07) is 0. The average Bonchev–Trinajstić information content (AvgIpc) is 2.05. The Labute approximate surface area is 59.4 Å². The molecular weight excluding hydrogens is 136 g/mol. The maximum Gasteiger partial charge on any atom is 0.104 e. The van der Waals surface area contributed by atoms with E-state index >= 15 is 0 Å². The predicted octanol–water partition coefficient (Wildman–Crippen LogP) is -1.24. The van der Waals surface area contributed by atoms with Crippen molar-refractivity contribution in [3.8, 4) is 0 Å². The van der Waals surface area contributed by atoms with Crippen LogP contribution in [0.2, 0.25) is 0 Å². The van der Waals surface area contributed by atoms with E-state index in [0.717, 1.165) is 0 Å². The molecule has 2 atom stereocenters. The summed E-state index contributed by atoms with van der Waals surface area (Å²) in [5, 5.41) is 17.2. The van der Waals surface area contributed by atoms with Crippen molar-refractivity contribution in [3.63, 3.8) is 0 Å². The first-order valence-corrected chi connectivity index (χ1v) is 3.31. The molecule has 0 aromatic heterocycles. The topological polar surface area (TPSA) is 58.9 Å². The van der Waals surface area contributed by atoms with Crippen LogP contribution in [0, 0.1) is 0 Å². The fraction of sp³-hybridized carbons (Fsp3) is 1.00. The molecule has 4 nitrogen and oxygen atoms in total. The van der Waals surface area contributed by atoms with Crippen LogP contribution in [-0.4, -0.2) is 48.8 Å². The van der Waals surface area contributed by atoms with Crippen LogP contribution in [0.4, 0.5) is 0 Å². The minimum absolute atomic E-state index is 0.0157. The van der Waals surface area contributed by atoms with E-state index in [1.54, 1.807) is 0 Å². The molecule has 10 heavy (non-hydrogen) atoms. The fourth-order valence-electron chi connectivity index (χ4n) is 0.794. The molecule has 1 saturated heterocycles. The molecule has 0 aromatic rings. The molecule has 1 aliphatic rings. The van der Waals surface area contributed by atoms with Crippen LogP contribution in [0.1, 0.15) is 0 Å². The molecule has 0 amide bonds. The first-order valence-electron chi connectivity index (χ1n) is 3.31. The first-order chi connectivity index (χ1) is 4.86. The van der Waals surface area contributed by atoms with Crippen molar-refractivity contribution < 1.29 is 19.7 Å². The summed E-state index contributed by atoms with van der Waals surface area (Å²) >= 11 is 0. The van der Waals surface area contributed by atoms with Gasteiger partial charge in [-0.15, -0.1) is 0 Å². The number of aliphatic hydroxyl groups excluding tert-OH is 2. The lowest BCUT2D eigenvalue weighted by Gasteiger charge is -2.26. The highest BCUT2D eigenvalue weighted by Crippen LogP contribution is 2.05. The van der Waals surface area contributed by atoms with E-state index in [1.807, 2.05) is 0 Å². The first kappa shape index (κ1) is 7.94. The van der Waals surface area contributed by atoms with Crippen molar-refractivity contribution in [3.05, 3.63) is 0 Å². The molecule has 0 aliphatic carbocycles. The maximum atomic E-state index is 8.58. The number of ether oxygens (including phenoxy) is 2. The molecule has 1 heterocycles. The summed E-state index contributed by atoms with van der Waals surface area (Å²) in [6.07, 6.45) is -0.411. The molecular formula is C6H12O4. The van der Waals surface area contributed by atoms with E-state index in [0.29, 0.717) is 13.2 Å². The van der Waals surface area contributed by atoms with E-state index < -0.39 is 0 Å². The van der Waals surface area contributed by atoms with Crippen LogP contribution in [0.5, 0.6) is 0 Å². The molecule has 4 heteroatoms. The van der Waals surface area contributed by atoms with E-state index in [1.165, 1.54) is 0 Å². The maximum absolute atomic E-state index is 8.58. The van der Waals surface area contributed by atoms with Gasteiger partial charge in [-0.1, -0.05) is 0 Å². The second kappa shape index (κ2) is 3.88. The Bertz CT molecular complexity index is 75.7. The number of hydrogen-bond acceptors (Lipinski definition) is 4. The standard InChI is InChI=1S/C6H12O4/c7-1-5-3-10-6(2-8)4-9-5/h5-8H,1-4H2/t5-,6-/m1/s1. The number of aliphatic hydroxyl groups is 2. The van der Waals surface area contributed by atoms with Crippen molar-refractivity contribution >= 4 is 0 Å². The molecule has 0 aromatic carbocycles. The number of rotatable bonds is 2. The Morgan fingerprint density at radius 2 is 1.40 bits per heavy atom. The monoisotopic (exact) mass is 148 g/mol. The Morgan fingerprint density at radius 3 is 1.60 bits per heavy atom. The van der Waals surface area contributed by atoms with Gasteiger partial charge in [-0.3, -0.25) is 0 Å². The smallest absolute Gasteiger partial charge is 0.104 e. The summed E-state index contributed by atoms with van der Waals surface area (Å²) in [5.74, 6) is 0. The summed E-state index contributed by atoms with van der Waals surface area (Å²) in [4.78, 5) is 0. The molecule has 0 radical (unpaired) electrons. The molecule has 0 spiro atoms. The third-order valence-electron chi connectivity index (χ3n) is 1.44. The second-order valence-corrected chi connectivity index (χ2v) is 2.28. The average molecular weight is 148 g/mol. The van der Waals surface area contributed by atoms with Crippen molar-refractivity contribution in [2.45, 2.75) is 12.2 Å². The van der Waals surface area contributed by atoms with Crippen molar-refractivity contribution in [1.82, 2.24) is 0 Å². The van der Waals surface area contributed by atoms with Gasteiger partial charge in [0.05, 0.1) is 26.4 Å². The van der Waals surface area contributed by atoms with E-state index in [-0.39, 0.29) is 25.4 Å². The zero-order valence-electron chi connectivity index (χ0n) is 5.69. The molecule has 1 fully saturated rings. The van der Waals surface area contributed by atoms with Crippen LogP contribution >= 0.6 is 0 Å². The van der Waals surface area contributed by atoms with Crippen LogP contribution in [-0.2, 0) is 9.47 Å².